The molecule has 0 atom stereocenters. The Labute approximate surface area is 180 Å². The van der Waals surface area contributed by atoms with Gasteiger partial charge in [0.2, 0.25) is 11.8 Å². The van der Waals surface area contributed by atoms with E-state index in [1.165, 1.54) is 26.0 Å². The lowest BCUT2D eigenvalue weighted by Gasteiger charge is -2.30. The van der Waals surface area contributed by atoms with Crippen LogP contribution in [0.4, 0.5) is 5.69 Å². The van der Waals surface area contributed by atoms with Crippen molar-refractivity contribution in [2.75, 3.05) is 5.32 Å². The molecule has 0 unspecified atom stereocenters. The van der Waals surface area contributed by atoms with E-state index in [1.54, 1.807) is 6.07 Å². The molecule has 3 rings (SSSR count). The minimum Gasteiger partial charge on any atom is -0.493 e. The zero-order valence-corrected chi connectivity index (χ0v) is 17.6. The Bertz CT molecular complexity index is 963. The molecule has 8 nitrogen and oxygen atoms in total. The number of nitrogens with zero attached hydrogens (tertiary/aromatic N) is 1. The highest BCUT2D eigenvalue weighted by Gasteiger charge is 2.33. The standard InChI is InChI=1S/C23H27N3O5/c1-23(2,22(30)31)26-20(28)16-8-6-14(7-9-16)15-10-12-17(13-11-15)24-21(29)18-4-3-5-19(27)25-18/h3-5,10-14,16H,6-9H2,1-2H3,(H,24,29)(H,25,27)(H,26,28)(H,30,31)/t14-,16-. The summed E-state index contributed by atoms with van der Waals surface area (Å²) < 4.78 is 0. The van der Waals surface area contributed by atoms with Crippen molar-refractivity contribution in [3.05, 3.63) is 53.7 Å². The summed E-state index contributed by atoms with van der Waals surface area (Å²) >= 11 is 0. The fourth-order valence-electron chi connectivity index (χ4n) is 3.74. The molecule has 8 heteroatoms. The van der Waals surface area contributed by atoms with Crippen LogP contribution in [0.1, 0.15) is 61.5 Å². The average molecular weight is 425 g/mol. The molecule has 2 amide bonds. The summed E-state index contributed by atoms with van der Waals surface area (Å²) in [6, 6.07) is 12.1. The molecule has 164 valence electrons. The topological polar surface area (TPSA) is 129 Å². The number of hydrogen-bond acceptors (Lipinski definition) is 5. The second kappa shape index (κ2) is 9.16. The molecule has 2 aromatic rings. The molecule has 0 spiro atoms. The lowest BCUT2D eigenvalue weighted by molar-refractivity contribution is -0.146. The van der Waals surface area contributed by atoms with Gasteiger partial charge < -0.3 is 20.8 Å². The van der Waals surface area contributed by atoms with Crippen molar-refractivity contribution in [1.82, 2.24) is 10.3 Å². The number of aromatic nitrogens is 1. The summed E-state index contributed by atoms with van der Waals surface area (Å²) in [5, 5.41) is 24.0. The maximum Gasteiger partial charge on any atom is 0.328 e. The number of benzene rings is 1. The highest BCUT2D eigenvalue weighted by atomic mass is 16.4. The van der Waals surface area contributed by atoms with Crippen molar-refractivity contribution in [3.8, 4) is 5.88 Å². The van der Waals surface area contributed by atoms with Gasteiger partial charge in [-0.2, -0.15) is 0 Å². The van der Waals surface area contributed by atoms with Gasteiger partial charge in [-0.05, 0) is 69.2 Å². The molecule has 1 aliphatic rings. The fourth-order valence-corrected chi connectivity index (χ4v) is 3.74. The molecule has 1 aromatic carbocycles. The Kier molecular flexibility index (Phi) is 6.58. The largest absolute Gasteiger partial charge is 0.493 e. The first kappa shape index (κ1) is 22.3. The Hall–Kier alpha value is -3.42. The van der Waals surface area contributed by atoms with Crippen LogP contribution in [0.3, 0.4) is 0 Å². The Morgan fingerprint density at radius 3 is 2.23 bits per heavy atom. The van der Waals surface area contributed by atoms with Crippen LogP contribution >= 0.6 is 0 Å². The Balaban J connectivity index is 1.54. The molecule has 0 radical (unpaired) electrons. The third-order valence-corrected chi connectivity index (χ3v) is 5.68. The number of carbonyl (C=O) groups excluding carboxylic acids is 2. The van der Waals surface area contributed by atoms with Gasteiger partial charge in [-0.25, -0.2) is 9.78 Å². The van der Waals surface area contributed by atoms with Crippen molar-refractivity contribution in [1.29, 1.82) is 0 Å². The van der Waals surface area contributed by atoms with Gasteiger partial charge in [-0.3, -0.25) is 9.59 Å². The van der Waals surface area contributed by atoms with E-state index < -0.39 is 17.4 Å². The first-order valence-corrected chi connectivity index (χ1v) is 10.3. The lowest BCUT2D eigenvalue weighted by atomic mass is 9.78. The molecule has 1 saturated carbocycles. The second-order valence-corrected chi connectivity index (χ2v) is 8.43. The van der Waals surface area contributed by atoms with Gasteiger partial charge in [0.05, 0.1) is 0 Å². The van der Waals surface area contributed by atoms with Crippen LogP contribution in [0, 0.1) is 5.92 Å². The fraction of sp³-hybridized carbons (Fsp3) is 0.391. The zero-order chi connectivity index (χ0) is 22.6. The van der Waals surface area contributed by atoms with Crippen LogP contribution in [0.15, 0.2) is 42.5 Å². The smallest absolute Gasteiger partial charge is 0.328 e. The van der Waals surface area contributed by atoms with Crippen molar-refractivity contribution in [2.24, 2.45) is 5.92 Å². The number of carboxylic acids is 1. The van der Waals surface area contributed by atoms with E-state index in [1.807, 2.05) is 24.3 Å². The van der Waals surface area contributed by atoms with Crippen LogP contribution in [-0.4, -0.2) is 38.5 Å². The number of pyridine rings is 1. The van der Waals surface area contributed by atoms with E-state index >= 15 is 0 Å². The second-order valence-electron chi connectivity index (χ2n) is 8.43. The highest BCUT2D eigenvalue weighted by Crippen LogP contribution is 2.36. The number of hydrogen-bond donors (Lipinski definition) is 4. The summed E-state index contributed by atoms with van der Waals surface area (Å²) in [7, 11) is 0. The molecule has 1 aliphatic carbocycles. The third kappa shape index (κ3) is 5.59. The first-order valence-electron chi connectivity index (χ1n) is 10.3. The van der Waals surface area contributed by atoms with Crippen LogP contribution < -0.4 is 10.6 Å². The van der Waals surface area contributed by atoms with Gasteiger partial charge >= 0.3 is 5.97 Å². The lowest BCUT2D eigenvalue weighted by Crippen LogP contribution is -2.51. The molecule has 1 fully saturated rings. The third-order valence-electron chi connectivity index (χ3n) is 5.68. The molecule has 1 heterocycles. The van der Waals surface area contributed by atoms with Crippen molar-refractivity contribution < 1.29 is 24.6 Å². The quantitative estimate of drug-likeness (QED) is 0.562. The summed E-state index contributed by atoms with van der Waals surface area (Å²) in [6.07, 6.45) is 3.08. The van der Waals surface area contributed by atoms with Crippen molar-refractivity contribution in [3.63, 3.8) is 0 Å². The van der Waals surface area contributed by atoms with Gasteiger partial charge in [-0.1, -0.05) is 18.2 Å². The van der Waals surface area contributed by atoms with Crippen molar-refractivity contribution >= 4 is 23.5 Å². The molecular formula is C23H27N3O5. The minimum absolute atomic E-state index is 0.131. The van der Waals surface area contributed by atoms with E-state index in [4.69, 9.17) is 0 Å². The van der Waals surface area contributed by atoms with Crippen LogP contribution in [-0.2, 0) is 9.59 Å². The van der Waals surface area contributed by atoms with Crippen LogP contribution in [0.2, 0.25) is 0 Å². The average Bonchev–Trinajstić information content (AvgIpc) is 2.74. The first-order chi connectivity index (χ1) is 14.7. The van der Waals surface area contributed by atoms with E-state index in [0.29, 0.717) is 24.4 Å². The molecule has 0 bridgehead atoms. The van der Waals surface area contributed by atoms with E-state index in [2.05, 4.69) is 15.6 Å². The Morgan fingerprint density at radius 2 is 1.65 bits per heavy atom. The van der Waals surface area contributed by atoms with Gasteiger partial charge in [0.1, 0.15) is 11.2 Å². The van der Waals surface area contributed by atoms with Crippen molar-refractivity contribution in [2.45, 2.75) is 51.0 Å². The molecule has 0 saturated heterocycles. The number of carboxylic acid groups (broad SMARTS) is 1. The molecular weight excluding hydrogens is 398 g/mol. The van der Waals surface area contributed by atoms with Crippen LogP contribution in [0.25, 0.3) is 0 Å². The van der Waals surface area contributed by atoms with E-state index in [-0.39, 0.29) is 23.4 Å². The number of anilines is 1. The number of aliphatic carboxylic acids is 1. The summed E-state index contributed by atoms with van der Waals surface area (Å²) in [5.41, 5.74) is 0.621. The number of rotatable bonds is 6. The zero-order valence-electron chi connectivity index (χ0n) is 17.6. The maximum atomic E-state index is 12.4. The minimum atomic E-state index is -1.28. The Morgan fingerprint density at radius 1 is 1.00 bits per heavy atom. The number of amides is 2. The number of aromatic hydroxyl groups is 1. The summed E-state index contributed by atoms with van der Waals surface area (Å²) in [6.45, 7) is 2.96. The van der Waals surface area contributed by atoms with Gasteiger partial charge in [-0.15, -0.1) is 0 Å². The molecule has 0 aliphatic heterocycles. The molecule has 4 N–H and O–H groups in total. The maximum absolute atomic E-state index is 12.4. The van der Waals surface area contributed by atoms with Gasteiger partial charge in [0.25, 0.3) is 5.91 Å². The predicted molar refractivity (Wildman–Crippen MR) is 115 cm³/mol. The molecule has 31 heavy (non-hydrogen) atoms. The van der Waals surface area contributed by atoms with Gasteiger partial charge in [0, 0.05) is 17.7 Å². The highest BCUT2D eigenvalue weighted by molar-refractivity contribution is 6.02. The SMILES string of the molecule is CC(C)(NC(=O)[C@H]1CC[C@H](c2ccc(NC(=O)c3cccc(O)n3)cc2)CC1)C(=O)O. The predicted octanol–water partition coefficient (Wildman–Crippen LogP) is 3.29. The number of nitrogens with one attached hydrogen (secondary N) is 2. The van der Waals surface area contributed by atoms with E-state index in [9.17, 15) is 24.6 Å². The van der Waals surface area contributed by atoms with Crippen LogP contribution in [0.5, 0.6) is 5.88 Å². The normalized spacial score (nSPS) is 18.8. The summed E-state index contributed by atoms with van der Waals surface area (Å²) in [5.74, 6) is -1.73. The molecule has 1 aromatic heterocycles. The summed E-state index contributed by atoms with van der Waals surface area (Å²) in [4.78, 5) is 39.6. The number of carbonyl (C=O) groups is 3. The van der Waals surface area contributed by atoms with E-state index in [0.717, 1.165) is 18.4 Å². The van der Waals surface area contributed by atoms with Gasteiger partial charge in [0.15, 0.2) is 0 Å². The monoisotopic (exact) mass is 425 g/mol.